The molecule has 1 atom stereocenters. The van der Waals surface area contributed by atoms with E-state index in [1.807, 2.05) is 0 Å². The number of carbonyl (C=O) groups excluding carboxylic acids is 1. The van der Waals surface area contributed by atoms with E-state index >= 15 is 0 Å². The van der Waals surface area contributed by atoms with Gasteiger partial charge in [0.2, 0.25) is 5.91 Å². The Kier molecular flexibility index (Phi) is 5.87. The van der Waals surface area contributed by atoms with Crippen LogP contribution in [0.15, 0.2) is 0 Å². The minimum atomic E-state index is -2.99. The fourth-order valence-electron chi connectivity index (χ4n) is 1.67. The van der Waals surface area contributed by atoms with Gasteiger partial charge in [-0.3, -0.25) is 4.79 Å². The first kappa shape index (κ1) is 14.4. The van der Waals surface area contributed by atoms with Crippen LogP contribution >= 0.6 is 0 Å². The molecule has 1 aliphatic rings. The maximum absolute atomic E-state index is 11.5. The first-order chi connectivity index (χ1) is 8.06. The zero-order chi connectivity index (χ0) is 12.7. The third-order valence-electron chi connectivity index (χ3n) is 2.65. The lowest BCUT2D eigenvalue weighted by Gasteiger charge is -2.10. The number of amides is 1. The van der Waals surface area contributed by atoms with Gasteiger partial charge >= 0.3 is 0 Å². The summed E-state index contributed by atoms with van der Waals surface area (Å²) in [5.74, 6) is -0.0547. The highest BCUT2D eigenvalue weighted by molar-refractivity contribution is 7.92. The molecule has 100 valence electrons. The van der Waals surface area contributed by atoms with Gasteiger partial charge in [0.25, 0.3) is 0 Å². The van der Waals surface area contributed by atoms with Crippen molar-refractivity contribution in [3.8, 4) is 0 Å². The number of ether oxygens (including phenoxy) is 2. The van der Waals surface area contributed by atoms with E-state index < -0.39 is 15.1 Å². The van der Waals surface area contributed by atoms with Crippen molar-refractivity contribution in [2.75, 3.05) is 39.2 Å². The number of hydrogen-bond donors (Lipinski definition) is 1. The fraction of sp³-hybridized carbons (Fsp3) is 0.900. The molecule has 6 nitrogen and oxygen atoms in total. The van der Waals surface area contributed by atoms with Gasteiger partial charge in [0.15, 0.2) is 9.84 Å². The molecular weight excluding hydrogens is 246 g/mol. The van der Waals surface area contributed by atoms with E-state index in [1.165, 1.54) is 0 Å². The van der Waals surface area contributed by atoms with Crippen LogP contribution in [0.25, 0.3) is 0 Å². The van der Waals surface area contributed by atoms with Crippen LogP contribution in [0, 0.1) is 0 Å². The molecule has 1 N–H and O–H groups in total. The Bertz CT molecular complexity index is 341. The molecule has 0 aromatic carbocycles. The number of carbonyl (C=O) groups is 1. The van der Waals surface area contributed by atoms with E-state index in [0.717, 1.165) is 0 Å². The molecular formula is C10H19NO5S. The predicted octanol–water partition coefficient (Wildman–Crippen LogP) is -0.657. The van der Waals surface area contributed by atoms with Crippen molar-refractivity contribution in [1.82, 2.24) is 5.32 Å². The molecule has 0 aromatic heterocycles. The summed E-state index contributed by atoms with van der Waals surface area (Å²) in [5, 5.41) is 2.15. The van der Waals surface area contributed by atoms with Crippen LogP contribution in [-0.2, 0) is 24.1 Å². The quantitative estimate of drug-likeness (QED) is 0.618. The molecule has 0 spiro atoms. The molecule has 17 heavy (non-hydrogen) atoms. The lowest BCUT2D eigenvalue weighted by Crippen LogP contribution is -2.36. The van der Waals surface area contributed by atoms with E-state index in [-0.39, 0.29) is 24.8 Å². The molecule has 0 saturated carbocycles. The Morgan fingerprint density at radius 1 is 1.41 bits per heavy atom. The Labute approximate surface area is 102 Å². The van der Waals surface area contributed by atoms with Gasteiger partial charge in [-0.15, -0.1) is 0 Å². The number of methoxy groups -OCH3 is 1. The molecule has 1 unspecified atom stereocenters. The zero-order valence-corrected chi connectivity index (χ0v) is 10.8. The predicted molar refractivity (Wildman–Crippen MR) is 62.5 cm³/mol. The molecule has 1 heterocycles. The molecule has 1 amide bonds. The maximum atomic E-state index is 11.5. The van der Waals surface area contributed by atoms with Gasteiger partial charge < -0.3 is 14.8 Å². The topological polar surface area (TPSA) is 81.7 Å². The second kappa shape index (κ2) is 6.93. The number of sulfone groups is 1. The summed E-state index contributed by atoms with van der Waals surface area (Å²) in [4.78, 5) is 11.3. The van der Waals surface area contributed by atoms with Crippen molar-refractivity contribution >= 4 is 15.7 Å². The van der Waals surface area contributed by atoms with Crippen LogP contribution in [0.3, 0.4) is 0 Å². The summed E-state index contributed by atoms with van der Waals surface area (Å²) in [6.45, 7) is 0.918. The molecule has 7 heteroatoms. The monoisotopic (exact) mass is 265 g/mol. The van der Waals surface area contributed by atoms with Gasteiger partial charge in [-0.25, -0.2) is 8.42 Å². The van der Waals surface area contributed by atoms with Gasteiger partial charge in [0.1, 0.15) is 6.61 Å². The van der Waals surface area contributed by atoms with Crippen molar-refractivity contribution < 1.29 is 22.7 Å². The third kappa shape index (κ3) is 5.01. The van der Waals surface area contributed by atoms with E-state index in [4.69, 9.17) is 9.47 Å². The van der Waals surface area contributed by atoms with Crippen LogP contribution in [0.2, 0.25) is 0 Å². The summed E-state index contributed by atoms with van der Waals surface area (Å²) < 4.78 is 32.7. The highest BCUT2D eigenvalue weighted by atomic mass is 32.2. The van der Waals surface area contributed by atoms with Gasteiger partial charge in [-0.2, -0.15) is 0 Å². The minimum absolute atomic E-state index is 0.0594. The second-order valence-corrected chi connectivity index (χ2v) is 6.38. The molecule has 0 aromatic rings. The first-order valence-electron chi connectivity index (χ1n) is 5.61. The summed E-state index contributed by atoms with van der Waals surface area (Å²) in [5.41, 5.74) is 0. The summed E-state index contributed by atoms with van der Waals surface area (Å²) >= 11 is 0. The average molecular weight is 265 g/mol. The molecule has 1 saturated heterocycles. The van der Waals surface area contributed by atoms with Crippen LogP contribution in [-0.4, -0.2) is 58.8 Å². The Hall–Kier alpha value is -0.660. The summed E-state index contributed by atoms with van der Waals surface area (Å²) in [6.07, 6.45) is 1.32. The van der Waals surface area contributed by atoms with Gasteiger partial charge in [-0.1, -0.05) is 0 Å². The van der Waals surface area contributed by atoms with Crippen LogP contribution in [0.4, 0.5) is 0 Å². The molecule has 0 aliphatic carbocycles. The number of rotatable bonds is 7. The van der Waals surface area contributed by atoms with E-state index in [9.17, 15) is 13.2 Å². The van der Waals surface area contributed by atoms with Crippen molar-refractivity contribution in [3.63, 3.8) is 0 Å². The highest BCUT2D eigenvalue weighted by Crippen LogP contribution is 2.18. The molecule has 1 rings (SSSR count). The van der Waals surface area contributed by atoms with Crippen molar-refractivity contribution in [2.45, 2.75) is 18.1 Å². The lowest BCUT2D eigenvalue weighted by atomic mass is 10.2. The number of hydrogen-bond acceptors (Lipinski definition) is 5. The summed E-state index contributed by atoms with van der Waals surface area (Å²) in [6, 6.07) is 0. The van der Waals surface area contributed by atoms with E-state index in [1.54, 1.807) is 7.11 Å². The zero-order valence-electron chi connectivity index (χ0n) is 9.98. The smallest absolute Gasteiger partial charge is 0.246 e. The van der Waals surface area contributed by atoms with Gasteiger partial charge in [0, 0.05) is 13.7 Å². The van der Waals surface area contributed by atoms with E-state index in [2.05, 4.69) is 5.32 Å². The normalized spacial score (nSPS) is 22.5. The Balaban J connectivity index is 2.15. The van der Waals surface area contributed by atoms with Crippen molar-refractivity contribution in [1.29, 1.82) is 0 Å². The van der Waals surface area contributed by atoms with Crippen LogP contribution < -0.4 is 5.32 Å². The Morgan fingerprint density at radius 3 is 2.76 bits per heavy atom. The Morgan fingerprint density at radius 2 is 2.18 bits per heavy atom. The molecule has 1 aliphatic heterocycles. The van der Waals surface area contributed by atoms with Gasteiger partial charge in [-0.05, 0) is 12.8 Å². The summed E-state index contributed by atoms with van der Waals surface area (Å²) in [7, 11) is -1.44. The van der Waals surface area contributed by atoms with Crippen molar-refractivity contribution in [2.24, 2.45) is 0 Å². The van der Waals surface area contributed by atoms with Gasteiger partial charge in [0.05, 0.1) is 24.2 Å². The van der Waals surface area contributed by atoms with Crippen molar-refractivity contribution in [3.05, 3.63) is 0 Å². The largest absolute Gasteiger partial charge is 0.382 e. The molecule has 1 fully saturated rings. The second-order valence-electron chi connectivity index (χ2n) is 3.98. The highest BCUT2D eigenvalue weighted by Gasteiger charge is 2.31. The average Bonchev–Trinajstić information content (AvgIpc) is 2.61. The van der Waals surface area contributed by atoms with Crippen LogP contribution in [0.1, 0.15) is 12.8 Å². The third-order valence-corrected chi connectivity index (χ3v) is 4.93. The minimum Gasteiger partial charge on any atom is -0.382 e. The lowest BCUT2D eigenvalue weighted by molar-refractivity contribution is -0.126. The number of nitrogens with one attached hydrogen (secondary N) is 1. The SMILES string of the molecule is COCCOCC(=O)NCC1CCCS1(=O)=O. The van der Waals surface area contributed by atoms with Crippen LogP contribution in [0.5, 0.6) is 0 Å². The molecule has 0 bridgehead atoms. The maximum Gasteiger partial charge on any atom is 0.246 e. The first-order valence-corrected chi connectivity index (χ1v) is 7.33. The fourth-order valence-corrected chi connectivity index (χ4v) is 3.44. The molecule has 0 radical (unpaired) electrons. The standard InChI is InChI=1S/C10H19NO5S/c1-15-4-5-16-8-10(12)11-7-9-3-2-6-17(9,13)14/h9H,2-8H2,1H3,(H,11,12). The van der Waals surface area contributed by atoms with E-state index in [0.29, 0.717) is 26.1 Å².